The van der Waals surface area contributed by atoms with Crippen molar-refractivity contribution in [2.45, 2.75) is 19.3 Å². The molecule has 1 aliphatic carbocycles. The summed E-state index contributed by atoms with van der Waals surface area (Å²) >= 11 is 0. The van der Waals surface area contributed by atoms with Crippen LogP contribution < -0.4 is 0 Å². The van der Waals surface area contributed by atoms with E-state index in [4.69, 9.17) is 0 Å². The Kier molecular flexibility index (Phi) is 6.21. The monoisotopic (exact) mass is 696 g/mol. The van der Waals surface area contributed by atoms with E-state index in [-0.39, 0.29) is 5.41 Å². The van der Waals surface area contributed by atoms with E-state index >= 15 is 0 Å². The van der Waals surface area contributed by atoms with E-state index in [0.29, 0.717) is 0 Å². The first-order chi connectivity index (χ1) is 27.1. The molecule has 0 saturated heterocycles. The molecule has 0 spiro atoms. The predicted octanol–water partition coefficient (Wildman–Crippen LogP) is 15.4. The standard InChI is InChI=1S/C55H36/c1-55(2)53-45-29-15-9-23-39(45)48(32-49(53)52-40-24-10-7-20-36(40)37-21-8-16-30-46(37)54(52)55)51-43-27-13-11-25-41(43)50(42-26-12-14-28-44(42)51)47-31-33-17-3-4-18-34(33)35-19-5-6-22-38(35)47/h3-32H,1-2H3. The van der Waals surface area contributed by atoms with Crippen molar-refractivity contribution < 1.29 is 0 Å². The minimum absolute atomic E-state index is 0.197. The molecule has 11 aromatic rings. The lowest BCUT2D eigenvalue weighted by molar-refractivity contribution is 0.672. The molecule has 0 heterocycles. The van der Waals surface area contributed by atoms with Gasteiger partial charge in [-0.1, -0.05) is 184 Å². The Hall–Kier alpha value is -6.76. The van der Waals surface area contributed by atoms with Gasteiger partial charge in [0, 0.05) is 5.41 Å². The van der Waals surface area contributed by atoms with Crippen LogP contribution in [0.15, 0.2) is 182 Å². The van der Waals surface area contributed by atoms with Crippen LogP contribution in [0.5, 0.6) is 0 Å². The second-order valence-corrected chi connectivity index (χ2v) is 15.9. The maximum atomic E-state index is 2.56. The summed E-state index contributed by atoms with van der Waals surface area (Å²) in [6, 6.07) is 68.3. The van der Waals surface area contributed by atoms with Crippen LogP contribution in [0.4, 0.5) is 0 Å². The Morgan fingerprint density at radius 2 is 0.582 bits per heavy atom. The van der Waals surface area contributed by atoms with E-state index in [1.807, 2.05) is 0 Å². The highest BCUT2D eigenvalue weighted by Crippen LogP contribution is 2.58. The maximum absolute atomic E-state index is 2.56. The highest BCUT2D eigenvalue weighted by Gasteiger charge is 2.40. The van der Waals surface area contributed by atoms with Crippen molar-refractivity contribution in [1.29, 1.82) is 0 Å². The highest BCUT2D eigenvalue weighted by molar-refractivity contribution is 6.28. The summed E-state index contributed by atoms with van der Waals surface area (Å²) in [7, 11) is 0. The zero-order valence-electron chi connectivity index (χ0n) is 30.8. The van der Waals surface area contributed by atoms with Crippen molar-refractivity contribution in [2.75, 3.05) is 0 Å². The lowest BCUT2D eigenvalue weighted by Crippen LogP contribution is -2.16. The van der Waals surface area contributed by atoms with Gasteiger partial charge in [-0.3, -0.25) is 0 Å². The highest BCUT2D eigenvalue weighted by atomic mass is 14.4. The number of rotatable bonds is 2. The predicted molar refractivity (Wildman–Crippen MR) is 237 cm³/mol. The van der Waals surface area contributed by atoms with Gasteiger partial charge in [-0.15, -0.1) is 0 Å². The molecule has 0 aliphatic heterocycles. The van der Waals surface area contributed by atoms with Gasteiger partial charge in [0.05, 0.1) is 0 Å². The van der Waals surface area contributed by atoms with Gasteiger partial charge in [0.15, 0.2) is 0 Å². The van der Waals surface area contributed by atoms with Gasteiger partial charge in [0.25, 0.3) is 0 Å². The summed E-state index contributed by atoms with van der Waals surface area (Å²) in [6.07, 6.45) is 0. The Balaban J connectivity index is 1.25. The maximum Gasteiger partial charge on any atom is 0.0171 e. The van der Waals surface area contributed by atoms with Crippen molar-refractivity contribution in [3.05, 3.63) is 193 Å². The minimum Gasteiger partial charge on any atom is -0.0616 e. The zero-order valence-corrected chi connectivity index (χ0v) is 30.8. The Morgan fingerprint density at radius 3 is 1.11 bits per heavy atom. The fraction of sp³-hybridized carbons (Fsp3) is 0.0545. The summed E-state index contributed by atoms with van der Waals surface area (Å²) in [4.78, 5) is 0. The molecule has 256 valence electrons. The van der Waals surface area contributed by atoms with Gasteiger partial charge in [0.2, 0.25) is 0 Å². The van der Waals surface area contributed by atoms with Gasteiger partial charge >= 0.3 is 0 Å². The average molecular weight is 697 g/mol. The van der Waals surface area contributed by atoms with Crippen molar-refractivity contribution in [1.82, 2.24) is 0 Å². The second kappa shape index (κ2) is 11.1. The van der Waals surface area contributed by atoms with Crippen LogP contribution >= 0.6 is 0 Å². The fourth-order valence-electron chi connectivity index (χ4n) is 10.6. The van der Waals surface area contributed by atoms with Gasteiger partial charge in [-0.05, 0) is 132 Å². The Labute approximate surface area is 319 Å². The third-order valence-electron chi connectivity index (χ3n) is 12.7. The topological polar surface area (TPSA) is 0 Å². The molecule has 0 unspecified atom stereocenters. The van der Waals surface area contributed by atoms with Crippen LogP contribution in [0, 0.1) is 0 Å². The van der Waals surface area contributed by atoms with Crippen molar-refractivity contribution in [2.24, 2.45) is 0 Å². The van der Waals surface area contributed by atoms with Gasteiger partial charge < -0.3 is 0 Å². The molecule has 0 bridgehead atoms. The van der Waals surface area contributed by atoms with E-state index < -0.39 is 0 Å². The van der Waals surface area contributed by atoms with Gasteiger partial charge in [-0.25, -0.2) is 0 Å². The molecule has 0 amide bonds. The largest absolute Gasteiger partial charge is 0.0616 e. The van der Waals surface area contributed by atoms with E-state index in [0.717, 1.165) is 0 Å². The van der Waals surface area contributed by atoms with E-state index in [1.165, 1.54) is 120 Å². The van der Waals surface area contributed by atoms with Crippen LogP contribution in [0.1, 0.15) is 25.0 Å². The van der Waals surface area contributed by atoms with E-state index in [1.54, 1.807) is 0 Å². The van der Waals surface area contributed by atoms with Crippen molar-refractivity contribution >= 4 is 75.4 Å². The lowest BCUT2D eigenvalue weighted by Gasteiger charge is -2.26. The van der Waals surface area contributed by atoms with Crippen LogP contribution in [-0.2, 0) is 5.41 Å². The fourth-order valence-corrected chi connectivity index (χ4v) is 10.6. The third-order valence-corrected chi connectivity index (χ3v) is 12.7. The van der Waals surface area contributed by atoms with Gasteiger partial charge in [-0.2, -0.15) is 0 Å². The molecule has 0 fully saturated rings. The number of hydrogen-bond donors (Lipinski definition) is 0. The smallest absolute Gasteiger partial charge is 0.0171 e. The summed E-state index contributed by atoms with van der Waals surface area (Å²) in [5.74, 6) is 0. The average Bonchev–Trinajstić information content (AvgIpc) is 3.49. The molecule has 1 aliphatic rings. The molecule has 0 atom stereocenters. The first-order valence-corrected chi connectivity index (χ1v) is 19.4. The third kappa shape index (κ3) is 4.06. The molecule has 0 aromatic heterocycles. The molecule has 0 radical (unpaired) electrons. The molecule has 0 heteroatoms. The number of hydrogen-bond acceptors (Lipinski definition) is 0. The molecule has 12 rings (SSSR count). The second-order valence-electron chi connectivity index (χ2n) is 15.9. The molecule has 0 saturated carbocycles. The van der Waals surface area contributed by atoms with Crippen molar-refractivity contribution in [3.63, 3.8) is 0 Å². The van der Waals surface area contributed by atoms with Crippen LogP contribution in [-0.4, -0.2) is 0 Å². The summed E-state index contributed by atoms with van der Waals surface area (Å²) in [6.45, 7) is 4.89. The summed E-state index contributed by atoms with van der Waals surface area (Å²) in [5, 5.41) is 18.2. The SMILES string of the molecule is CC1(C)c2c(cc(-c3c4ccccc4c(-c4cc5ccccc5c5ccccc45)c4ccccc34)c3ccccc23)-c2c1c1ccccc1c1ccccc21. The first kappa shape index (κ1) is 30.7. The molecule has 0 nitrogen and oxygen atoms in total. The summed E-state index contributed by atoms with van der Waals surface area (Å²) < 4.78 is 0. The summed E-state index contributed by atoms with van der Waals surface area (Å²) in [5.41, 5.74) is 10.6. The van der Waals surface area contributed by atoms with Crippen LogP contribution in [0.2, 0.25) is 0 Å². The van der Waals surface area contributed by atoms with Crippen LogP contribution in [0.25, 0.3) is 109 Å². The lowest BCUT2D eigenvalue weighted by atomic mass is 9.77. The molecular weight excluding hydrogens is 661 g/mol. The molecule has 11 aromatic carbocycles. The van der Waals surface area contributed by atoms with Crippen LogP contribution in [0.3, 0.4) is 0 Å². The molecular formula is C55H36. The Morgan fingerprint density at radius 1 is 0.255 bits per heavy atom. The first-order valence-electron chi connectivity index (χ1n) is 19.4. The normalized spacial score (nSPS) is 13.4. The minimum atomic E-state index is -0.197. The quantitative estimate of drug-likeness (QED) is 0.125. The van der Waals surface area contributed by atoms with Crippen molar-refractivity contribution in [3.8, 4) is 33.4 Å². The van der Waals surface area contributed by atoms with Gasteiger partial charge in [0.1, 0.15) is 0 Å². The number of benzene rings is 11. The van der Waals surface area contributed by atoms with E-state index in [2.05, 4.69) is 196 Å². The molecule has 0 N–H and O–H groups in total. The zero-order chi connectivity index (χ0) is 36.4. The Bertz CT molecular complexity index is 3390. The van der Waals surface area contributed by atoms with E-state index in [9.17, 15) is 0 Å². The number of fused-ring (bicyclic) bond motifs is 15. The molecule has 55 heavy (non-hydrogen) atoms.